The molecule has 4 heteroatoms. The first-order valence-electron chi connectivity index (χ1n) is 3.06. The highest BCUT2D eigenvalue weighted by atomic mass is 35.5. The summed E-state index contributed by atoms with van der Waals surface area (Å²) in [6.07, 6.45) is 0. The Hall–Kier alpha value is -0.380. The van der Waals surface area contributed by atoms with E-state index in [1.165, 1.54) is 11.8 Å². The van der Waals surface area contributed by atoms with Crippen LogP contribution >= 0.6 is 24.2 Å². The Balaban J connectivity index is 0.000000605. The van der Waals surface area contributed by atoms with Gasteiger partial charge in [-0.25, -0.2) is 0 Å². The fourth-order valence-corrected chi connectivity index (χ4v) is 1.81. The SMILES string of the molecule is Cl.OC1Nc2ccccc2S1. The Kier molecular flexibility index (Phi) is 2.65. The summed E-state index contributed by atoms with van der Waals surface area (Å²) in [6, 6.07) is 7.86. The zero-order valence-electron chi connectivity index (χ0n) is 5.65. The minimum absolute atomic E-state index is 0. The molecule has 1 unspecified atom stereocenters. The molecular formula is C7H8ClNOS. The van der Waals surface area contributed by atoms with Crippen LogP contribution in [0.5, 0.6) is 0 Å². The van der Waals surface area contributed by atoms with Crippen molar-refractivity contribution >= 4 is 29.9 Å². The number of nitrogens with one attached hydrogen (secondary N) is 1. The van der Waals surface area contributed by atoms with Crippen molar-refractivity contribution < 1.29 is 5.11 Å². The number of hydrogen-bond acceptors (Lipinski definition) is 3. The van der Waals surface area contributed by atoms with E-state index in [2.05, 4.69) is 5.32 Å². The van der Waals surface area contributed by atoms with Crippen molar-refractivity contribution in [1.29, 1.82) is 0 Å². The maximum absolute atomic E-state index is 9.10. The summed E-state index contributed by atoms with van der Waals surface area (Å²) in [6.45, 7) is 0. The summed E-state index contributed by atoms with van der Waals surface area (Å²) in [4.78, 5) is 1.12. The molecule has 1 atom stereocenters. The van der Waals surface area contributed by atoms with Crippen LogP contribution in [0.3, 0.4) is 0 Å². The lowest BCUT2D eigenvalue weighted by Gasteiger charge is -1.98. The van der Waals surface area contributed by atoms with Gasteiger partial charge in [-0.3, -0.25) is 0 Å². The van der Waals surface area contributed by atoms with Gasteiger partial charge in [0, 0.05) is 4.90 Å². The van der Waals surface area contributed by atoms with Gasteiger partial charge in [-0.2, -0.15) is 0 Å². The molecule has 0 saturated carbocycles. The Bertz CT molecular complexity index is 231. The summed E-state index contributed by atoms with van der Waals surface area (Å²) >= 11 is 1.44. The lowest BCUT2D eigenvalue weighted by Crippen LogP contribution is -2.06. The predicted molar refractivity (Wildman–Crippen MR) is 49.2 cm³/mol. The first-order valence-corrected chi connectivity index (χ1v) is 3.94. The van der Waals surface area contributed by atoms with Gasteiger partial charge in [0.05, 0.1) is 5.69 Å². The summed E-state index contributed by atoms with van der Waals surface area (Å²) < 4.78 is 0. The highest BCUT2D eigenvalue weighted by molar-refractivity contribution is 8.00. The van der Waals surface area contributed by atoms with Gasteiger partial charge in [0.15, 0.2) is 5.56 Å². The molecule has 0 radical (unpaired) electrons. The molecule has 2 nitrogen and oxygen atoms in total. The number of benzene rings is 1. The van der Waals surface area contributed by atoms with Crippen LogP contribution in [0.1, 0.15) is 0 Å². The smallest absolute Gasteiger partial charge is 0.178 e. The van der Waals surface area contributed by atoms with E-state index in [1.807, 2.05) is 24.3 Å². The molecule has 1 aliphatic heterocycles. The fourth-order valence-electron chi connectivity index (χ4n) is 0.971. The molecule has 0 bridgehead atoms. The van der Waals surface area contributed by atoms with Crippen molar-refractivity contribution in [3.8, 4) is 0 Å². The zero-order chi connectivity index (χ0) is 6.97. The number of thioether (sulfide) groups is 1. The van der Waals surface area contributed by atoms with E-state index in [9.17, 15) is 0 Å². The molecule has 60 valence electrons. The summed E-state index contributed by atoms with van der Waals surface area (Å²) in [5.74, 6) is 0. The normalized spacial score (nSPS) is 19.9. The highest BCUT2D eigenvalue weighted by Crippen LogP contribution is 2.36. The highest BCUT2D eigenvalue weighted by Gasteiger charge is 2.16. The van der Waals surface area contributed by atoms with Crippen molar-refractivity contribution in [3.05, 3.63) is 24.3 Å². The fraction of sp³-hybridized carbons (Fsp3) is 0.143. The van der Waals surface area contributed by atoms with E-state index in [-0.39, 0.29) is 12.4 Å². The summed E-state index contributed by atoms with van der Waals surface area (Å²) in [7, 11) is 0. The number of aliphatic hydroxyl groups excluding tert-OH is 1. The lowest BCUT2D eigenvalue weighted by molar-refractivity contribution is 0.294. The molecule has 11 heavy (non-hydrogen) atoms. The Morgan fingerprint density at radius 3 is 2.82 bits per heavy atom. The van der Waals surface area contributed by atoms with E-state index in [4.69, 9.17) is 5.11 Å². The van der Waals surface area contributed by atoms with Gasteiger partial charge in [0.1, 0.15) is 0 Å². The molecule has 0 amide bonds. The van der Waals surface area contributed by atoms with Gasteiger partial charge in [-0.1, -0.05) is 23.9 Å². The first kappa shape index (κ1) is 8.71. The van der Waals surface area contributed by atoms with Gasteiger partial charge in [0.2, 0.25) is 0 Å². The molecule has 0 fully saturated rings. The van der Waals surface area contributed by atoms with Gasteiger partial charge < -0.3 is 10.4 Å². The van der Waals surface area contributed by atoms with Gasteiger partial charge >= 0.3 is 0 Å². The molecule has 1 aromatic rings. The van der Waals surface area contributed by atoms with Crippen LogP contribution < -0.4 is 5.32 Å². The maximum atomic E-state index is 9.10. The molecule has 2 N–H and O–H groups in total. The average Bonchev–Trinajstić information content (AvgIpc) is 2.27. The molecule has 0 spiro atoms. The van der Waals surface area contributed by atoms with E-state index in [0.29, 0.717) is 0 Å². The van der Waals surface area contributed by atoms with Crippen LogP contribution in [-0.2, 0) is 0 Å². The third-order valence-electron chi connectivity index (χ3n) is 1.40. The third kappa shape index (κ3) is 1.61. The van der Waals surface area contributed by atoms with Crippen molar-refractivity contribution in [2.45, 2.75) is 10.5 Å². The van der Waals surface area contributed by atoms with Gasteiger partial charge in [-0.15, -0.1) is 12.4 Å². The van der Waals surface area contributed by atoms with Crippen LogP contribution in [0.4, 0.5) is 5.69 Å². The zero-order valence-corrected chi connectivity index (χ0v) is 7.28. The molecule has 1 heterocycles. The monoisotopic (exact) mass is 189 g/mol. The van der Waals surface area contributed by atoms with Crippen LogP contribution in [-0.4, -0.2) is 10.7 Å². The van der Waals surface area contributed by atoms with E-state index in [1.54, 1.807) is 0 Å². The van der Waals surface area contributed by atoms with Crippen LogP contribution in [0.2, 0.25) is 0 Å². The van der Waals surface area contributed by atoms with Gasteiger partial charge in [0.25, 0.3) is 0 Å². The quantitative estimate of drug-likeness (QED) is 0.654. The molecule has 0 saturated heterocycles. The van der Waals surface area contributed by atoms with Crippen molar-refractivity contribution in [1.82, 2.24) is 0 Å². The molecule has 0 aliphatic carbocycles. The number of para-hydroxylation sites is 1. The van der Waals surface area contributed by atoms with E-state index < -0.39 is 5.56 Å². The topological polar surface area (TPSA) is 32.3 Å². The summed E-state index contributed by atoms with van der Waals surface area (Å²) in [5.41, 5.74) is 0.567. The van der Waals surface area contributed by atoms with Crippen LogP contribution in [0.15, 0.2) is 29.2 Å². The number of hydrogen-bond donors (Lipinski definition) is 2. The Morgan fingerprint density at radius 1 is 1.36 bits per heavy atom. The molecule has 0 aromatic heterocycles. The number of fused-ring (bicyclic) bond motifs is 1. The maximum Gasteiger partial charge on any atom is 0.178 e. The Labute approximate surface area is 75.4 Å². The number of aliphatic hydroxyl groups is 1. The van der Waals surface area contributed by atoms with Crippen LogP contribution in [0.25, 0.3) is 0 Å². The second kappa shape index (κ2) is 3.34. The Morgan fingerprint density at radius 2 is 2.09 bits per heavy atom. The molecule has 2 rings (SSSR count). The van der Waals surface area contributed by atoms with Crippen molar-refractivity contribution in [2.75, 3.05) is 5.32 Å². The van der Waals surface area contributed by atoms with Crippen LogP contribution in [0, 0.1) is 0 Å². The second-order valence-electron chi connectivity index (χ2n) is 2.11. The molecule has 1 aromatic carbocycles. The summed E-state index contributed by atoms with van der Waals surface area (Å²) in [5, 5.41) is 12.0. The lowest BCUT2D eigenvalue weighted by atomic mass is 10.3. The number of rotatable bonds is 0. The van der Waals surface area contributed by atoms with E-state index >= 15 is 0 Å². The predicted octanol–water partition coefficient (Wildman–Crippen LogP) is 1.90. The largest absolute Gasteiger partial charge is 0.364 e. The molecular weight excluding hydrogens is 182 g/mol. The molecule has 1 aliphatic rings. The van der Waals surface area contributed by atoms with E-state index in [0.717, 1.165) is 10.6 Å². The van der Waals surface area contributed by atoms with Crippen molar-refractivity contribution in [3.63, 3.8) is 0 Å². The second-order valence-corrected chi connectivity index (χ2v) is 3.23. The standard InChI is InChI=1S/C7H7NOS.ClH/c9-7-8-5-3-1-2-4-6(5)10-7;/h1-4,7-9H;1H. The average molecular weight is 190 g/mol. The number of anilines is 1. The first-order chi connectivity index (χ1) is 4.86. The third-order valence-corrected chi connectivity index (χ3v) is 2.36. The number of halogens is 1. The minimum Gasteiger partial charge on any atom is -0.364 e. The minimum atomic E-state index is -0.461. The van der Waals surface area contributed by atoms with Gasteiger partial charge in [-0.05, 0) is 12.1 Å². The van der Waals surface area contributed by atoms with Crippen molar-refractivity contribution in [2.24, 2.45) is 0 Å².